The number of halogens is 3. The minimum Gasteiger partial charge on any atom is -0.381 e. The van der Waals surface area contributed by atoms with Crippen molar-refractivity contribution in [3.8, 4) is 0 Å². The number of ketones is 1. The van der Waals surface area contributed by atoms with Crippen LogP contribution in [0.4, 0.5) is 13.2 Å². The van der Waals surface area contributed by atoms with E-state index in [-0.39, 0.29) is 13.5 Å². The fraction of sp³-hybridized carbons (Fsp3) is 0.556. The summed E-state index contributed by atoms with van der Waals surface area (Å²) in [5.41, 5.74) is -2.22. The summed E-state index contributed by atoms with van der Waals surface area (Å²) in [7, 11) is 0. The lowest BCUT2D eigenvalue weighted by Crippen LogP contribution is -2.31. The number of hydrogen-bond donors (Lipinski definition) is 0. The van der Waals surface area contributed by atoms with Crippen LogP contribution >= 0.6 is 0 Å². The van der Waals surface area contributed by atoms with E-state index in [1.807, 2.05) is 0 Å². The van der Waals surface area contributed by atoms with Gasteiger partial charge < -0.3 is 9.30 Å². The van der Waals surface area contributed by atoms with Crippen LogP contribution in [0.3, 0.4) is 0 Å². The molecule has 140 valence electrons. The summed E-state index contributed by atoms with van der Waals surface area (Å²) in [6, 6.07) is 1.71. The third-order valence-electron chi connectivity index (χ3n) is 4.48. The van der Waals surface area contributed by atoms with Crippen LogP contribution in [0.5, 0.6) is 0 Å². The lowest BCUT2D eigenvalue weighted by Gasteiger charge is -2.18. The molecule has 7 heteroatoms. The Kier molecular flexibility index (Phi) is 6.58. The van der Waals surface area contributed by atoms with E-state index in [0.29, 0.717) is 23.5 Å². The maximum atomic E-state index is 13.2. The first kappa shape index (κ1) is 19.4. The van der Waals surface area contributed by atoms with Crippen molar-refractivity contribution in [1.29, 1.82) is 0 Å². The fourth-order valence-electron chi connectivity index (χ4n) is 3.14. The van der Waals surface area contributed by atoms with Crippen molar-refractivity contribution in [2.24, 2.45) is 5.92 Å². The number of nitrogens with zero attached hydrogens (tertiary/aromatic N) is 1. The molecule has 1 atom stereocenters. The molecule has 0 aromatic carbocycles. The molecule has 0 aliphatic carbocycles. The van der Waals surface area contributed by atoms with E-state index >= 15 is 0 Å². The predicted molar refractivity (Wildman–Crippen MR) is 89.7 cm³/mol. The molecule has 1 aromatic heterocycles. The zero-order valence-electron chi connectivity index (χ0n) is 14.0. The van der Waals surface area contributed by atoms with E-state index in [4.69, 9.17) is 4.74 Å². The minimum absolute atomic E-state index is 0. The number of carbonyl (C=O) groups is 1. The summed E-state index contributed by atoms with van der Waals surface area (Å²) in [6.07, 6.45) is 0.269. The van der Waals surface area contributed by atoms with Gasteiger partial charge in [0.1, 0.15) is 5.69 Å². The first-order chi connectivity index (χ1) is 11.8. The summed E-state index contributed by atoms with van der Waals surface area (Å²) in [5, 5.41) is 0. The van der Waals surface area contributed by atoms with Gasteiger partial charge in [-0.2, -0.15) is 13.2 Å². The Hall–Kier alpha value is -1.89. The van der Waals surface area contributed by atoms with Gasteiger partial charge in [-0.05, 0) is 56.2 Å². The molecule has 4 nitrogen and oxygen atoms in total. The van der Waals surface area contributed by atoms with Gasteiger partial charge in [0, 0.05) is 21.2 Å². The van der Waals surface area contributed by atoms with E-state index in [9.17, 15) is 22.8 Å². The largest absolute Gasteiger partial charge is 0.431 e. The number of pyridine rings is 1. The molecule has 1 aromatic rings. The minimum atomic E-state index is -4.65. The monoisotopic (exact) mass is 359 g/mol. The van der Waals surface area contributed by atoms with E-state index in [1.54, 1.807) is 0 Å². The van der Waals surface area contributed by atoms with Crippen LogP contribution < -0.4 is 5.56 Å². The van der Waals surface area contributed by atoms with Gasteiger partial charge >= 0.3 is 6.18 Å². The molecule has 1 aliphatic rings. The molecule has 2 heterocycles. The van der Waals surface area contributed by atoms with Crippen LogP contribution in [0.1, 0.15) is 49.6 Å². The van der Waals surface area contributed by atoms with E-state index < -0.39 is 23.2 Å². The smallest absolute Gasteiger partial charge is 0.381 e. The molecule has 0 bridgehead atoms. The molecule has 0 spiro atoms. The van der Waals surface area contributed by atoms with Crippen molar-refractivity contribution in [3.05, 3.63) is 46.4 Å². The summed E-state index contributed by atoms with van der Waals surface area (Å²) >= 11 is 0. The summed E-state index contributed by atoms with van der Waals surface area (Å²) < 4.78 is 45.6. The first-order valence-electron chi connectivity index (χ1n) is 8.40. The van der Waals surface area contributed by atoms with Crippen LogP contribution in [-0.2, 0) is 17.5 Å². The highest BCUT2D eigenvalue weighted by Gasteiger charge is 2.35. The normalized spacial score (nSPS) is 18.6. The second kappa shape index (κ2) is 8.47. The highest BCUT2D eigenvalue weighted by atomic mass is 19.4. The Balaban J connectivity index is 0.00000338. The zero-order chi connectivity index (χ0) is 18.4. The van der Waals surface area contributed by atoms with Gasteiger partial charge in [-0.1, -0.05) is 6.58 Å². The third kappa shape index (κ3) is 5.04. The molecule has 0 saturated carbocycles. The Morgan fingerprint density at radius 3 is 2.80 bits per heavy atom. The number of aromatic nitrogens is 1. The van der Waals surface area contributed by atoms with Gasteiger partial charge in [0.05, 0.1) is 5.56 Å². The SMILES string of the molecule is C=CC(=O)c1ccc(C(F)(F)F)n(CCCC2CCCOCC2)c1=O.[HH]. The van der Waals surface area contributed by atoms with E-state index in [2.05, 4.69) is 6.58 Å². The zero-order valence-corrected chi connectivity index (χ0v) is 14.0. The van der Waals surface area contributed by atoms with Gasteiger partial charge in [0.15, 0.2) is 5.78 Å². The fourth-order valence-corrected chi connectivity index (χ4v) is 3.14. The summed E-state index contributed by atoms with van der Waals surface area (Å²) in [6.45, 7) is 4.60. The highest BCUT2D eigenvalue weighted by Crippen LogP contribution is 2.29. The Labute approximate surface area is 145 Å². The van der Waals surface area contributed by atoms with Crippen molar-refractivity contribution in [3.63, 3.8) is 0 Å². The maximum Gasteiger partial charge on any atom is 0.431 e. The molecule has 0 amide bonds. The lowest BCUT2D eigenvalue weighted by atomic mass is 9.95. The van der Waals surface area contributed by atoms with E-state index in [1.165, 1.54) is 0 Å². The maximum absolute atomic E-state index is 13.2. The van der Waals surface area contributed by atoms with Gasteiger partial charge in [0.2, 0.25) is 0 Å². The van der Waals surface area contributed by atoms with Crippen LogP contribution in [-0.4, -0.2) is 23.6 Å². The van der Waals surface area contributed by atoms with Gasteiger partial charge in [-0.3, -0.25) is 9.59 Å². The number of rotatable bonds is 6. The van der Waals surface area contributed by atoms with Crippen molar-refractivity contribution in [2.75, 3.05) is 13.2 Å². The van der Waals surface area contributed by atoms with Crippen LogP contribution in [0.2, 0.25) is 0 Å². The molecule has 25 heavy (non-hydrogen) atoms. The second-order valence-electron chi connectivity index (χ2n) is 6.21. The molecule has 0 N–H and O–H groups in total. The number of alkyl halides is 3. The third-order valence-corrected chi connectivity index (χ3v) is 4.48. The van der Waals surface area contributed by atoms with Crippen molar-refractivity contribution >= 4 is 5.78 Å². The van der Waals surface area contributed by atoms with Crippen molar-refractivity contribution in [2.45, 2.75) is 44.8 Å². The first-order valence-corrected chi connectivity index (χ1v) is 8.40. The average molecular weight is 359 g/mol. The number of hydrogen-bond acceptors (Lipinski definition) is 3. The molecular formula is C18H24F3NO3. The lowest BCUT2D eigenvalue weighted by molar-refractivity contribution is -0.144. The Morgan fingerprint density at radius 1 is 1.36 bits per heavy atom. The molecule has 2 rings (SSSR count). The van der Waals surface area contributed by atoms with Gasteiger partial charge in [-0.15, -0.1) is 0 Å². The molecule has 1 unspecified atom stereocenters. The van der Waals surface area contributed by atoms with Crippen LogP contribution in [0.25, 0.3) is 0 Å². The molecule has 1 aliphatic heterocycles. The standard InChI is InChI=1S/C18H22F3NO3.H2/c1-2-15(23)14-7-8-16(18(19,20)21)22(17(14)24)10-3-5-13-6-4-11-25-12-9-13;/h2,7-8,13H,1,3-6,9-12H2;1H. The topological polar surface area (TPSA) is 48.3 Å². The van der Waals surface area contributed by atoms with Gasteiger partial charge in [0.25, 0.3) is 5.56 Å². The number of allylic oxidation sites excluding steroid dienone is 1. The van der Waals surface area contributed by atoms with Crippen molar-refractivity contribution < 1.29 is 24.1 Å². The number of carbonyl (C=O) groups excluding carboxylic acids is 1. The molecule has 0 radical (unpaired) electrons. The van der Waals surface area contributed by atoms with E-state index in [0.717, 1.165) is 50.5 Å². The summed E-state index contributed by atoms with van der Waals surface area (Å²) in [4.78, 5) is 24.0. The van der Waals surface area contributed by atoms with Crippen LogP contribution in [0, 0.1) is 5.92 Å². The Bertz CT molecular complexity index is 677. The molecule has 1 fully saturated rings. The average Bonchev–Trinajstić information content (AvgIpc) is 2.83. The quantitative estimate of drug-likeness (QED) is 0.568. The summed E-state index contributed by atoms with van der Waals surface area (Å²) in [5.74, 6) is -0.279. The second-order valence-corrected chi connectivity index (χ2v) is 6.21. The molecule has 1 saturated heterocycles. The number of ether oxygens (including phenoxy) is 1. The van der Waals surface area contributed by atoms with Gasteiger partial charge in [-0.25, -0.2) is 0 Å². The molecular weight excluding hydrogens is 335 g/mol. The van der Waals surface area contributed by atoms with Crippen LogP contribution in [0.15, 0.2) is 29.6 Å². The van der Waals surface area contributed by atoms with Crippen molar-refractivity contribution in [1.82, 2.24) is 4.57 Å². The highest BCUT2D eigenvalue weighted by molar-refractivity contribution is 6.03. The predicted octanol–water partition coefficient (Wildman–Crippen LogP) is 4.08. The Morgan fingerprint density at radius 2 is 2.12 bits per heavy atom.